The number of nitrogens with zero attached hydrogens (tertiary/aromatic N) is 1. The summed E-state index contributed by atoms with van der Waals surface area (Å²) in [6.07, 6.45) is 0. The molecule has 0 amide bonds. The molecule has 0 saturated carbocycles. The van der Waals surface area contributed by atoms with E-state index in [1.54, 1.807) is 0 Å². The second-order valence-electron chi connectivity index (χ2n) is 7.00. The van der Waals surface area contributed by atoms with Gasteiger partial charge in [-0.15, -0.1) is 0 Å². The summed E-state index contributed by atoms with van der Waals surface area (Å²) in [4.78, 5) is 0. The number of aryl methyl sites for hydroxylation is 1. The van der Waals surface area contributed by atoms with E-state index in [4.69, 9.17) is 0 Å². The zero-order valence-corrected chi connectivity index (χ0v) is 16.7. The summed E-state index contributed by atoms with van der Waals surface area (Å²) in [5.41, 5.74) is 5.84. The molecule has 0 saturated heterocycles. The number of hydrogen-bond acceptors (Lipinski definition) is 2. The molecule has 0 atom stereocenters. The number of hydrogen-bond donors (Lipinski definition) is 2. The Morgan fingerprint density at radius 1 is 0.793 bits per heavy atom. The second-order valence-corrected chi connectivity index (χ2v) is 7.00. The summed E-state index contributed by atoms with van der Waals surface area (Å²) in [5.74, 6) is 3.27. The van der Waals surface area contributed by atoms with E-state index in [-0.39, 0.29) is 0 Å². The van der Waals surface area contributed by atoms with Crippen molar-refractivity contribution in [1.29, 1.82) is 0 Å². The lowest BCUT2D eigenvalue weighted by Crippen LogP contribution is -2.12. The zero-order valence-electron chi connectivity index (χ0n) is 16.7. The third-order valence-corrected chi connectivity index (χ3v) is 4.95. The highest BCUT2D eigenvalue weighted by Gasteiger charge is 2.07. The first-order valence-electron chi connectivity index (χ1n) is 10.0. The van der Waals surface area contributed by atoms with Gasteiger partial charge >= 0.3 is 0 Å². The van der Waals surface area contributed by atoms with Gasteiger partial charge in [-0.1, -0.05) is 54.6 Å². The van der Waals surface area contributed by atoms with Crippen LogP contribution in [0.5, 0.6) is 0 Å². The molecular weight excluding hydrogens is 354 g/mol. The van der Waals surface area contributed by atoms with Crippen LogP contribution >= 0.6 is 0 Å². The Morgan fingerprint density at radius 3 is 2.28 bits per heavy atom. The summed E-state index contributed by atoms with van der Waals surface area (Å²) in [6, 6.07) is 32.4. The van der Waals surface area contributed by atoms with Crippen LogP contribution in [0.1, 0.15) is 23.7 Å². The monoisotopic (exact) mass is 379 g/mol. The molecule has 3 aromatic carbocycles. The van der Waals surface area contributed by atoms with E-state index in [1.165, 1.54) is 22.0 Å². The van der Waals surface area contributed by atoms with Crippen LogP contribution in [0.15, 0.2) is 84.9 Å². The van der Waals surface area contributed by atoms with E-state index in [2.05, 4.69) is 82.6 Å². The number of para-hydroxylation sites is 1. The third kappa shape index (κ3) is 4.68. The highest BCUT2D eigenvalue weighted by molar-refractivity contribution is 5.83. The molecule has 1 heterocycles. The Labute approximate surface area is 172 Å². The molecule has 3 heteroatoms. The molecule has 3 nitrogen and oxygen atoms in total. The molecule has 0 aliphatic rings. The minimum Gasteiger partial charge on any atom is -0.334 e. The molecule has 29 heavy (non-hydrogen) atoms. The van der Waals surface area contributed by atoms with Crippen LogP contribution in [0.4, 0.5) is 5.69 Å². The first-order chi connectivity index (χ1) is 14.3. The SMILES string of the molecule is CCn1c(C#CNc2ccccc2)cc2cc(CNCc3ccccc3)ccc21. The molecule has 2 N–H and O–H groups in total. The summed E-state index contributed by atoms with van der Waals surface area (Å²) in [6.45, 7) is 4.77. The molecule has 0 bridgehead atoms. The molecule has 0 aliphatic heterocycles. The van der Waals surface area contributed by atoms with Crippen molar-refractivity contribution >= 4 is 16.6 Å². The Balaban J connectivity index is 1.48. The summed E-state index contributed by atoms with van der Waals surface area (Å²) >= 11 is 0. The van der Waals surface area contributed by atoms with Crippen molar-refractivity contribution in [2.24, 2.45) is 0 Å². The van der Waals surface area contributed by atoms with Gasteiger partial charge in [0.05, 0.1) is 5.69 Å². The van der Waals surface area contributed by atoms with Crippen molar-refractivity contribution in [1.82, 2.24) is 9.88 Å². The lowest BCUT2D eigenvalue weighted by atomic mass is 10.1. The fourth-order valence-electron chi connectivity index (χ4n) is 3.51. The molecule has 0 fully saturated rings. The second kappa shape index (κ2) is 9.14. The minimum absolute atomic E-state index is 0.846. The van der Waals surface area contributed by atoms with Gasteiger partial charge in [-0.3, -0.25) is 0 Å². The van der Waals surface area contributed by atoms with Gasteiger partial charge in [0.1, 0.15) is 0 Å². The van der Waals surface area contributed by atoms with Crippen LogP contribution in [0.3, 0.4) is 0 Å². The highest BCUT2D eigenvalue weighted by Crippen LogP contribution is 2.21. The van der Waals surface area contributed by atoms with Gasteiger partial charge in [0, 0.05) is 42.3 Å². The maximum Gasteiger partial charge on any atom is 0.0949 e. The van der Waals surface area contributed by atoms with E-state index >= 15 is 0 Å². The third-order valence-electron chi connectivity index (χ3n) is 4.95. The van der Waals surface area contributed by atoms with Crippen molar-refractivity contribution in [3.63, 3.8) is 0 Å². The quantitative estimate of drug-likeness (QED) is 0.348. The van der Waals surface area contributed by atoms with Crippen LogP contribution in [-0.2, 0) is 19.6 Å². The molecular formula is C26H25N3. The molecule has 0 aliphatic carbocycles. The Bertz CT molecular complexity index is 1130. The average Bonchev–Trinajstić information content (AvgIpc) is 3.12. The summed E-state index contributed by atoms with van der Waals surface area (Å²) < 4.78 is 2.26. The number of nitrogens with one attached hydrogen (secondary N) is 2. The van der Waals surface area contributed by atoms with Crippen molar-refractivity contribution in [2.75, 3.05) is 5.32 Å². The average molecular weight is 380 g/mol. The predicted octanol–water partition coefficient (Wildman–Crippen LogP) is 5.37. The number of rotatable bonds is 6. The van der Waals surface area contributed by atoms with E-state index in [1.807, 2.05) is 36.4 Å². The first-order valence-corrected chi connectivity index (χ1v) is 10.0. The first kappa shape index (κ1) is 18.9. The molecule has 0 radical (unpaired) electrons. The molecule has 0 spiro atoms. The van der Waals surface area contributed by atoms with Crippen LogP contribution in [0.25, 0.3) is 10.9 Å². The largest absolute Gasteiger partial charge is 0.334 e. The maximum atomic E-state index is 3.53. The van der Waals surface area contributed by atoms with E-state index < -0.39 is 0 Å². The number of aromatic nitrogens is 1. The van der Waals surface area contributed by atoms with Crippen molar-refractivity contribution in [3.8, 4) is 12.0 Å². The van der Waals surface area contributed by atoms with Gasteiger partial charge in [-0.05, 0) is 54.3 Å². The number of anilines is 1. The van der Waals surface area contributed by atoms with Gasteiger partial charge in [0.2, 0.25) is 0 Å². The zero-order chi connectivity index (χ0) is 19.9. The summed E-state index contributed by atoms with van der Waals surface area (Å²) in [5, 5.41) is 7.92. The topological polar surface area (TPSA) is 29.0 Å². The number of benzene rings is 3. The molecule has 4 aromatic rings. The molecule has 144 valence electrons. The van der Waals surface area contributed by atoms with E-state index in [9.17, 15) is 0 Å². The highest BCUT2D eigenvalue weighted by atomic mass is 15.0. The fraction of sp³-hybridized carbons (Fsp3) is 0.154. The van der Waals surface area contributed by atoms with Crippen LogP contribution in [0.2, 0.25) is 0 Å². The van der Waals surface area contributed by atoms with Crippen molar-refractivity contribution < 1.29 is 0 Å². The molecule has 4 rings (SSSR count). The van der Waals surface area contributed by atoms with Gasteiger partial charge in [0.25, 0.3) is 0 Å². The van der Waals surface area contributed by atoms with Gasteiger partial charge in [-0.2, -0.15) is 0 Å². The molecule has 0 unspecified atom stereocenters. The van der Waals surface area contributed by atoms with Crippen LogP contribution < -0.4 is 10.6 Å². The van der Waals surface area contributed by atoms with Gasteiger partial charge < -0.3 is 15.2 Å². The standard InChI is InChI=1S/C26H25N3/c1-2-29-25(15-16-28-24-11-7-4-8-12-24)18-23-17-22(13-14-26(23)29)20-27-19-21-9-5-3-6-10-21/h3-14,17-18,27-28H,2,19-20H2,1H3. The minimum atomic E-state index is 0.846. The smallest absolute Gasteiger partial charge is 0.0949 e. The van der Waals surface area contributed by atoms with E-state index in [0.29, 0.717) is 0 Å². The van der Waals surface area contributed by atoms with E-state index in [0.717, 1.165) is 31.0 Å². The lowest BCUT2D eigenvalue weighted by molar-refractivity contribution is 0.694. The normalized spacial score (nSPS) is 10.5. The van der Waals surface area contributed by atoms with Crippen LogP contribution in [0, 0.1) is 12.0 Å². The van der Waals surface area contributed by atoms with Crippen molar-refractivity contribution in [2.45, 2.75) is 26.6 Å². The Hall–Kier alpha value is -3.48. The van der Waals surface area contributed by atoms with Crippen LogP contribution in [-0.4, -0.2) is 4.57 Å². The lowest BCUT2D eigenvalue weighted by Gasteiger charge is -2.07. The Morgan fingerprint density at radius 2 is 1.52 bits per heavy atom. The van der Waals surface area contributed by atoms with Gasteiger partial charge in [-0.25, -0.2) is 0 Å². The molecule has 1 aromatic heterocycles. The fourth-order valence-corrected chi connectivity index (χ4v) is 3.51. The van der Waals surface area contributed by atoms with Crippen molar-refractivity contribution in [3.05, 3.63) is 102 Å². The maximum absolute atomic E-state index is 3.53. The number of fused-ring (bicyclic) bond motifs is 1. The summed E-state index contributed by atoms with van der Waals surface area (Å²) in [7, 11) is 0. The Kier molecular flexibility index (Phi) is 5.95. The predicted molar refractivity (Wildman–Crippen MR) is 122 cm³/mol. The van der Waals surface area contributed by atoms with Gasteiger partial charge in [0.15, 0.2) is 0 Å².